The van der Waals surface area contributed by atoms with E-state index in [0.29, 0.717) is 26.1 Å². The van der Waals surface area contributed by atoms with E-state index < -0.39 is 0 Å². The van der Waals surface area contributed by atoms with E-state index in [1.165, 1.54) is 16.0 Å². The zero-order valence-corrected chi connectivity index (χ0v) is 14.3. The van der Waals surface area contributed by atoms with Gasteiger partial charge in [0, 0.05) is 44.4 Å². The minimum Gasteiger partial charge on any atom is -0.319 e. The van der Waals surface area contributed by atoms with Crippen molar-refractivity contribution in [2.45, 2.75) is 32.2 Å². The van der Waals surface area contributed by atoms with E-state index in [0.717, 1.165) is 17.5 Å². The van der Waals surface area contributed by atoms with E-state index in [1.54, 1.807) is 17.3 Å². The third-order valence-electron chi connectivity index (χ3n) is 5.27. The zero-order valence-electron chi connectivity index (χ0n) is 14.3. The van der Waals surface area contributed by atoms with Crippen LogP contribution in [0.5, 0.6) is 0 Å². The maximum atomic E-state index is 12.8. The monoisotopic (exact) mass is 335 g/mol. The van der Waals surface area contributed by atoms with Crippen LogP contribution < -0.4 is 0 Å². The van der Waals surface area contributed by atoms with Gasteiger partial charge in [-0.15, -0.1) is 0 Å². The number of nitrogens with zero attached hydrogens (tertiary/aromatic N) is 3. The van der Waals surface area contributed by atoms with Gasteiger partial charge in [0.1, 0.15) is 0 Å². The number of carbonyl (C=O) groups excluding carboxylic acids is 2. The van der Waals surface area contributed by atoms with Crippen LogP contribution in [0.2, 0.25) is 0 Å². The Labute approximate surface area is 147 Å². The summed E-state index contributed by atoms with van der Waals surface area (Å²) in [6.07, 6.45) is 4.88. The highest BCUT2D eigenvalue weighted by Crippen LogP contribution is 2.36. The number of hydrogen-bond donors (Lipinski definition) is 0. The number of aryl methyl sites for hydroxylation is 1. The van der Waals surface area contributed by atoms with Crippen LogP contribution in [0.4, 0.5) is 4.79 Å². The largest absolute Gasteiger partial charge is 0.327 e. The number of imide groups is 1. The van der Waals surface area contributed by atoms with Gasteiger partial charge in [-0.1, -0.05) is 24.3 Å². The molecule has 1 saturated heterocycles. The molecule has 5 nitrogen and oxygen atoms in total. The van der Waals surface area contributed by atoms with Crippen LogP contribution in [0.3, 0.4) is 0 Å². The molecule has 25 heavy (non-hydrogen) atoms. The topological polar surface area (TPSA) is 53.5 Å². The van der Waals surface area contributed by atoms with Gasteiger partial charge in [-0.2, -0.15) is 0 Å². The second kappa shape index (κ2) is 6.31. The molecule has 2 aromatic rings. The first-order chi connectivity index (χ1) is 12.1. The van der Waals surface area contributed by atoms with E-state index >= 15 is 0 Å². The van der Waals surface area contributed by atoms with Crippen molar-refractivity contribution in [2.24, 2.45) is 0 Å². The lowest BCUT2D eigenvalue weighted by molar-refractivity contribution is -0.131. The van der Waals surface area contributed by atoms with Crippen LogP contribution in [0.15, 0.2) is 42.7 Å². The molecule has 0 N–H and O–H groups in total. The Morgan fingerprint density at radius 1 is 1.20 bits per heavy atom. The summed E-state index contributed by atoms with van der Waals surface area (Å²) >= 11 is 0. The summed E-state index contributed by atoms with van der Waals surface area (Å²) in [7, 11) is 0. The molecule has 4 rings (SSSR count). The minimum absolute atomic E-state index is 0.0615. The third-order valence-corrected chi connectivity index (χ3v) is 5.27. The molecule has 5 heteroatoms. The van der Waals surface area contributed by atoms with Gasteiger partial charge in [0.25, 0.3) is 0 Å². The molecule has 1 aliphatic carbocycles. The van der Waals surface area contributed by atoms with Crippen molar-refractivity contribution in [3.8, 4) is 0 Å². The summed E-state index contributed by atoms with van der Waals surface area (Å²) in [6.45, 7) is 3.48. The van der Waals surface area contributed by atoms with Gasteiger partial charge >= 0.3 is 6.03 Å². The number of amides is 3. The van der Waals surface area contributed by atoms with Crippen molar-refractivity contribution in [1.82, 2.24) is 14.8 Å². The molecule has 1 aliphatic heterocycles. The lowest BCUT2D eigenvalue weighted by Gasteiger charge is -2.39. The average Bonchev–Trinajstić information content (AvgIpc) is 2.59. The standard InChI is InChI=1S/C20H21N3O2/c1-14-6-8-21-11-17(14)12-22-9-7-19(24)23(20(22)25)13-16-10-15-4-2-3-5-18(15)16/h2-6,8,11,16H,7,9-10,12-13H2,1H3. The first kappa shape index (κ1) is 15.8. The summed E-state index contributed by atoms with van der Waals surface area (Å²) in [5.74, 6) is 0.206. The fourth-order valence-corrected chi connectivity index (χ4v) is 3.68. The van der Waals surface area contributed by atoms with Crippen molar-refractivity contribution in [2.75, 3.05) is 13.1 Å². The molecule has 128 valence electrons. The number of carbonyl (C=O) groups is 2. The fourth-order valence-electron chi connectivity index (χ4n) is 3.68. The van der Waals surface area contributed by atoms with E-state index in [9.17, 15) is 9.59 Å². The number of aromatic nitrogens is 1. The number of rotatable bonds is 4. The minimum atomic E-state index is -0.177. The number of hydrogen-bond acceptors (Lipinski definition) is 3. The second-order valence-electron chi connectivity index (χ2n) is 6.86. The first-order valence-corrected chi connectivity index (χ1v) is 8.70. The highest BCUT2D eigenvalue weighted by atomic mass is 16.2. The maximum Gasteiger partial charge on any atom is 0.327 e. The quantitative estimate of drug-likeness (QED) is 0.863. The maximum absolute atomic E-state index is 12.8. The SMILES string of the molecule is Cc1ccncc1CN1CCC(=O)N(CC2Cc3ccccc32)C1=O. The van der Waals surface area contributed by atoms with E-state index in [2.05, 4.69) is 17.1 Å². The lowest BCUT2D eigenvalue weighted by atomic mass is 9.77. The summed E-state index contributed by atoms with van der Waals surface area (Å²) in [4.78, 5) is 32.5. The zero-order chi connectivity index (χ0) is 17.4. The van der Waals surface area contributed by atoms with Crippen molar-refractivity contribution < 1.29 is 9.59 Å². The van der Waals surface area contributed by atoms with Gasteiger partial charge in [-0.25, -0.2) is 4.79 Å². The molecule has 0 spiro atoms. The molecule has 1 atom stereocenters. The van der Waals surface area contributed by atoms with Gasteiger partial charge in [-0.3, -0.25) is 14.7 Å². The van der Waals surface area contributed by atoms with Gasteiger partial charge in [0.15, 0.2) is 0 Å². The van der Waals surface area contributed by atoms with Crippen molar-refractivity contribution in [1.29, 1.82) is 0 Å². The molecular formula is C20H21N3O2. The Morgan fingerprint density at radius 3 is 2.84 bits per heavy atom. The highest BCUT2D eigenvalue weighted by molar-refractivity contribution is 5.96. The van der Waals surface area contributed by atoms with Crippen LogP contribution in [-0.4, -0.2) is 39.8 Å². The normalized spacial score (nSPS) is 19.6. The summed E-state index contributed by atoms with van der Waals surface area (Å²) in [5.41, 5.74) is 4.73. The van der Waals surface area contributed by atoms with Crippen LogP contribution >= 0.6 is 0 Å². The fraction of sp³-hybridized carbons (Fsp3) is 0.350. The lowest BCUT2D eigenvalue weighted by Crippen LogP contribution is -2.53. The van der Waals surface area contributed by atoms with Crippen LogP contribution in [0.25, 0.3) is 0 Å². The van der Waals surface area contributed by atoms with Crippen LogP contribution in [0, 0.1) is 6.92 Å². The van der Waals surface area contributed by atoms with Gasteiger partial charge in [0.2, 0.25) is 5.91 Å². The molecule has 1 aromatic carbocycles. The molecule has 0 saturated carbocycles. The Hall–Kier alpha value is -2.69. The molecule has 2 heterocycles. The van der Waals surface area contributed by atoms with Crippen molar-refractivity contribution in [3.05, 3.63) is 65.0 Å². The van der Waals surface area contributed by atoms with Crippen molar-refractivity contribution in [3.63, 3.8) is 0 Å². The third kappa shape index (κ3) is 2.90. The number of benzene rings is 1. The molecule has 1 aromatic heterocycles. The van der Waals surface area contributed by atoms with E-state index in [1.807, 2.05) is 25.1 Å². The Balaban J connectivity index is 1.48. The van der Waals surface area contributed by atoms with Crippen LogP contribution in [0.1, 0.15) is 34.6 Å². The molecule has 2 aliphatic rings. The number of urea groups is 1. The summed E-state index contributed by atoms with van der Waals surface area (Å²) in [6, 6.07) is 10.0. The van der Waals surface area contributed by atoms with Gasteiger partial charge < -0.3 is 4.90 Å². The number of fused-ring (bicyclic) bond motifs is 1. The summed E-state index contributed by atoms with van der Waals surface area (Å²) in [5, 5.41) is 0. The smallest absolute Gasteiger partial charge is 0.319 e. The first-order valence-electron chi connectivity index (χ1n) is 8.70. The van der Waals surface area contributed by atoms with Gasteiger partial charge in [-0.05, 0) is 41.7 Å². The Morgan fingerprint density at radius 2 is 2.04 bits per heavy atom. The molecular weight excluding hydrogens is 314 g/mol. The van der Waals surface area contributed by atoms with Crippen molar-refractivity contribution >= 4 is 11.9 Å². The van der Waals surface area contributed by atoms with Gasteiger partial charge in [0.05, 0.1) is 0 Å². The predicted octanol–water partition coefficient (Wildman–Crippen LogP) is 2.88. The average molecular weight is 335 g/mol. The molecule has 1 unspecified atom stereocenters. The van der Waals surface area contributed by atoms with Crippen LogP contribution in [-0.2, 0) is 17.8 Å². The molecule has 0 bridgehead atoms. The predicted molar refractivity (Wildman–Crippen MR) is 94.0 cm³/mol. The van der Waals surface area contributed by atoms with E-state index in [4.69, 9.17) is 0 Å². The Bertz CT molecular complexity index is 833. The molecule has 3 amide bonds. The molecule has 0 radical (unpaired) electrons. The Kier molecular flexibility index (Phi) is 3.99. The highest BCUT2D eigenvalue weighted by Gasteiger charge is 2.36. The number of pyridine rings is 1. The van der Waals surface area contributed by atoms with E-state index in [-0.39, 0.29) is 17.9 Å². The second-order valence-corrected chi connectivity index (χ2v) is 6.86. The molecule has 1 fully saturated rings. The summed E-state index contributed by atoms with van der Waals surface area (Å²) < 4.78 is 0.